The number of quaternary nitrogens is 1. The van der Waals surface area contributed by atoms with Crippen molar-refractivity contribution in [3.63, 3.8) is 0 Å². The van der Waals surface area contributed by atoms with E-state index in [2.05, 4.69) is 17.4 Å². The first-order valence-corrected chi connectivity index (χ1v) is 9.64. The zero-order chi connectivity index (χ0) is 20.1. The Kier molecular flexibility index (Phi) is 6.41. The maximum atomic E-state index is 12.9. The van der Waals surface area contributed by atoms with E-state index < -0.39 is 0 Å². The van der Waals surface area contributed by atoms with Crippen LogP contribution in [-0.4, -0.2) is 43.9 Å². The lowest BCUT2D eigenvalue weighted by atomic mass is 9.87. The Morgan fingerprint density at radius 3 is 2.61 bits per heavy atom. The highest BCUT2D eigenvalue weighted by Gasteiger charge is 2.28. The van der Waals surface area contributed by atoms with Crippen LogP contribution < -0.4 is 10.2 Å². The van der Waals surface area contributed by atoms with Gasteiger partial charge in [-0.1, -0.05) is 24.3 Å². The number of carbonyl (C=O) groups is 2. The Balaban J connectivity index is 1.54. The number of rotatable bonds is 6. The average Bonchev–Trinajstić information content (AvgIpc) is 2.68. The largest absolute Gasteiger partial charge is 0.334 e. The van der Waals surface area contributed by atoms with Crippen LogP contribution >= 0.6 is 0 Å². The number of nitrogens with one attached hydrogen (secondary N) is 2. The highest BCUT2D eigenvalue weighted by molar-refractivity contribution is 5.91. The van der Waals surface area contributed by atoms with E-state index >= 15 is 0 Å². The zero-order valence-electron chi connectivity index (χ0n) is 16.4. The molecule has 5 nitrogen and oxygen atoms in total. The average molecular weight is 384 g/mol. The molecular formula is C22H27FN3O2+. The molecule has 0 heterocycles. The number of likely N-dealkylation sites (N-methyl/N-ethyl adjacent to an activating group) is 2. The van der Waals surface area contributed by atoms with Gasteiger partial charge in [-0.3, -0.25) is 9.59 Å². The first kappa shape index (κ1) is 20.0. The summed E-state index contributed by atoms with van der Waals surface area (Å²) in [7, 11) is 3.67. The van der Waals surface area contributed by atoms with E-state index in [0.29, 0.717) is 5.69 Å². The number of hydrogen-bond donors (Lipinski definition) is 2. The van der Waals surface area contributed by atoms with Crippen molar-refractivity contribution in [2.45, 2.75) is 25.3 Å². The first-order chi connectivity index (χ1) is 13.4. The third-order valence-corrected chi connectivity index (χ3v) is 5.24. The number of aryl methyl sites for hydroxylation is 1. The number of carbonyl (C=O) groups excluding carboxylic acids is 2. The van der Waals surface area contributed by atoms with Crippen molar-refractivity contribution in [1.82, 2.24) is 4.90 Å². The normalized spacial score (nSPS) is 16.8. The Morgan fingerprint density at radius 1 is 1.14 bits per heavy atom. The molecule has 28 heavy (non-hydrogen) atoms. The lowest BCUT2D eigenvalue weighted by Gasteiger charge is -2.33. The van der Waals surface area contributed by atoms with Crippen LogP contribution in [0.15, 0.2) is 48.5 Å². The molecule has 0 aromatic heterocycles. The SMILES string of the molecule is CN(C(=O)C[NH+](C)CC(=O)Nc1ccc(F)cc1)[C@H]1CCCc2ccccc21. The molecule has 1 aliphatic rings. The molecule has 0 bridgehead atoms. The maximum Gasteiger partial charge on any atom is 0.279 e. The molecule has 0 aliphatic heterocycles. The highest BCUT2D eigenvalue weighted by atomic mass is 19.1. The smallest absolute Gasteiger partial charge is 0.279 e. The minimum Gasteiger partial charge on any atom is -0.334 e. The van der Waals surface area contributed by atoms with E-state index in [4.69, 9.17) is 0 Å². The number of hydrogen-bond acceptors (Lipinski definition) is 2. The van der Waals surface area contributed by atoms with Crippen molar-refractivity contribution in [2.75, 3.05) is 32.5 Å². The van der Waals surface area contributed by atoms with Crippen LogP contribution in [0.5, 0.6) is 0 Å². The summed E-state index contributed by atoms with van der Waals surface area (Å²) in [5.41, 5.74) is 3.09. The number of benzene rings is 2. The van der Waals surface area contributed by atoms with Crippen molar-refractivity contribution >= 4 is 17.5 Å². The molecule has 0 saturated carbocycles. The molecule has 148 valence electrons. The number of halogens is 1. The second kappa shape index (κ2) is 8.97. The molecular weight excluding hydrogens is 357 g/mol. The molecule has 0 fully saturated rings. The van der Waals surface area contributed by atoms with Crippen molar-refractivity contribution in [1.29, 1.82) is 0 Å². The van der Waals surface area contributed by atoms with Gasteiger partial charge in [-0.05, 0) is 54.7 Å². The van der Waals surface area contributed by atoms with Gasteiger partial charge in [-0.25, -0.2) is 4.39 Å². The van der Waals surface area contributed by atoms with Gasteiger partial charge in [0.2, 0.25) is 0 Å². The molecule has 1 aliphatic carbocycles. The monoisotopic (exact) mass is 384 g/mol. The van der Waals surface area contributed by atoms with Gasteiger partial charge in [-0.15, -0.1) is 0 Å². The van der Waals surface area contributed by atoms with Crippen molar-refractivity contribution in [2.24, 2.45) is 0 Å². The molecule has 6 heteroatoms. The Bertz CT molecular complexity index is 838. The van der Waals surface area contributed by atoms with Crippen LogP contribution in [0.25, 0.3) is 0 Å². The predicted octanol–water partition coefficient (Wildman–Crippen LogP) is 1.81. The van der Waals surface area contributed by atoms with E-state index in [1.807, 2.05) is 31.1 Å². The van der Waals surface area contributed by atoms with Gasteiger partial charge >= 0.3 is 0 Å². The summed E-state index contributed by atoms with van der Waals surface area (Å²) >= 11 is 0. The van der Waals surface area contributed by atoms with Crippen molar-refractivity contribution in [3.05, 3.63) is 65.5 Å². The molecule has 2 aromatic carbocycles. The maximum absolute atomic E-state index is 12.9. The predicted molar refractivity (Wildman–Crippen MR) is 107 cm³/mol. The topological polar surface area (TPSA) is 53.9 Å². The molecule has 0 saturated heterocycles. The fraction of sp³-hybridized carbons (Fsp3) is 0.364. The summed E-state index contributed by atoms with van der Waals surface area (Å²) in [4.78, 5) is 27.6. The van der Waals surface area contributed by atoms with Gasteiger partial charge in [0.25, 0.3) is 11.8 Å². The van der Waals surface area contributed by atoms with Crippen LogP contribution in [0.3, 0.4) is 0 Å². The Hall–Kier alpha value is -2.73. The van der Waals surface area contributed by atoms with E-state index in [1.165, 1.54) is 35.4 Å². The molecule has 3 rings (SSSR count). The first-order valence-electron chi connectivity index (χ1n) is 9.64. The summed E-state index contributed by atoms with van der Waals surface area (Å²) < 4.78 is 12.9. The third-order valence-electron chi connectivity index (χ3n) is 5.24. The summed E-state index contributed by atoms with van der Waals surface area (Å²) in [6, 6.07) is 14.0. The molecule has 2 atom stereocenters. The van der Waals surface area contributed by atoms with E-state index in [-0.39, 0.29) is 36.8 Å². The molecule has 1 unspecified atom stereocenters. The van der Waals surface area contributed by atoms with Crippen molar-refractivity contribution < 1.29 is 18.9 Å². The standard InChI is InChI=1S/C22H26FN3O2/c1-25(14-21(27)24-18-12-10-17(23)11-13-18)15-22(28)26(2)20-9-5-7-16-6-3-4-8-19(16)20/h3-4,6,8,10-13,20H,5,7,9,14-15H2,1-2H3,(H,24,27)/p+1/t20-/m0/s1. The molecule has 2 amide bonds. The summed E-state index contributed by atoms with van der Waals surface area (Å²) in [5, 5.41) is 2.73. The Labute approximate surface area is 165 Å². The molecule has 0 spiro atoms. The van der Waals surface area contributed by atoms with Gasteiger partial charge in [0.05, 0.1) is 13.1 Å². The van der Waals surface area contributed by atoms with Gasteiger partial charge < -0.3 is 15.1 Å². The van der Waals surface area contributed by atoms with Crippen LogP contribution in [0.1, 0.15) is 30.0 Å². The fourth-order valence-electron chi connectivity index (χ4n) is 3.76. The molecule has 2 N–H and O–H groups in total. The lowest BCUT2D eigenvalue weighted by molar-refractivity contribution is -0.862. The minimum atomic E-state index is -0.348. The fourth-order valence-corrected chi connectivity index (χ4v) is 3.76. The van der Waals surface area contributed by atoms with E-state index in [0.717, 1.165) is 24.2 Å². The van der Waals surface area contributed by atoms with Gasteiger partial charge in [0.1, 0.15) is 5.82 Å². The summed E-state index contributed by atoms with van der Waals surface area (Å²) in [6.07, 6.45) is 3.09. The van der Waals surface area contributed by atoms with E-state index in [1.54, 1.807) is 0 Å². The Morgan fingerprint density at radius 2 is 1.86 bits per heavy atom. The van der Waals surface area contributed by atoms with E-state index in [9.17, 15) is 14.0 Å². The zero-order valence-corrected chi connectivity index (χ0v) is 16.4. The van der Waals surface area contributed by atoms with Crippen LogP contribution in [0.4, 0.5) is 10.1 Å². The second-order valence-electron chi connectivity index (χ2n) is 7.48. The highest BCUT2D eigenvalue weighted by Crippen LogP contribution is 2.33. The summed E-state index contributed by atoms with van der Waals surface area (Å²) in [5.74, 6) is -0.532. The number of fused-ring (bicyclic) bond motifs is 1. The van der Waals surface area contributed by atoms with Gasteiger partial charge in [0, 0.05) is 12.7 Å². The van der Waals surface area contributed by atoms with Crippen LogP contribution in [0.2, 0.25) is 0 Å². The minimum absolute atomic E-state index is 0.0220. The third kappa shape index (κ3) is 4.95. The molecule has 2 aromatic rings. The quantitative estimate of drug-likeness (QED) is 0.798. The number of anilines is 1. The van der Waals surface area contributed by atoms with Crippen LogP contribution in [0, 0.1) is 5.82 Å². The van der Waals surface area contributed by atoms with Crippen molar-refractivity contribution in [3.8, 4) is 0 Å². The second-order valence-corrected chi connectivity index (χ2v) is 7.48. The molecule has 0 radical (unpaired) electrons. The number of nitrogens with zero attached hydrogens (tertiary/aromatic N) is 1. The van der Waals surface area contributed by atoms with Gasteiger partial charge in [0.15, 0.2) is 13.1 Å². The number of amides is 2. The lowest BCUT2D eigenvalue weighted by Crippen LogP contribution is -3.11. The van der Waals surface area contributed by atoms with Crippen LogP contribution in [-0.2, 0) is 16.0 Å². The van der Waals surface area contributed by atoms with Gasteiger partial charge in [-0.2, -0.15) is 0 Å². The summed E-state index contributed by atoms with van der Waals surface area (Å²) in [6.45, 7) is 0.407.